The van der Waals surface area contributed by atoms with E-state index in [-0.39, 0.29) is 52.6 Å². The van der Waals surface area contributed by atoms with Gasteiger partial charge in [0.2, 0.25) is 0 Å². The van der Waals surface area contributed by atoms with Crippen LogP contribution in [0.5, 0.6) is 0 Å². The van der Waals surface area contributed by atoms with Gasteiger partial charge in [0.25, 0.3) is 11.8 Å². The summed E-state index contributed by atoms with van der Waals surface area (Å²) in [5.74, 6) is -3.59. The van der Waals surface area contributed by atoms with Crippen molar-refractivity contribution in [3.8, 4) is 0 Å². The van der Waals surface area contributed by atoms with Gasteiger partial charge in [0, 0.05) is 13.0 Å². The Bertz CT molecular complexity index is 1190. The van der Waals surface area contributed by atoms with E-state index in [2.05, 4.69) is 30.6 Å². The molecule has 0 saturated carbocycles. The van der Waals surface area contributed by atoms with Crippen molar-refractivity contribution in [1.82, 2.24) is 20.5 Å². The first-order chi connectivity index (χ1) is 15.1. The van der Waals surface area contributed by atoms with Crippen LogP contribution in [-0.2, 0) is 17.9 Å². The average molecular weight is 470 g/mol. The number of benzene rings is 1. The number of aryl methyl sites for hydroxylation is 1. The summed E-state index contributed by atoms with van der Waals surface area (Å²) in [6, 6.07) is 2.50. The molecule has 32 heavy (non-hydrogen) atoms. The summed E-state index contributed by atoms with van der Waals surface area (Å²) in [4.78, 5) is 39.0. The Hall–Kier alpha value is -4.00. The van der Waals surface area contributed by atoms with E-state index in [4.69, 9.17) is 21.1 Å². The molecule has 11 nitrogen and oxygen atoms in total. The number of carboxylic acid groups (broad SMARTS) is 1. The Morgan fingerprint density at radius 2 is 1.94 bits per heavy atom. The zero-order chi connectivity index (χ0) is 23.4. The van der Waals surface area contributed by atoms with Gasteiger partial charge in [-0.25, -0.2) is 18.6 Å². The second kappa shape index (κ2) is 9.43. The van der Waals surface area contributed by atoms with Crippen LogP contribution in [0.1, 0.15) is 38.2 Å². The Balaban J connectivity index is 1.62. The minimum atomic E-state index is -1.49. The summed E-state index contributed by atoms with van der Waals surface area (Å²) in [6.07, 6.45) is -1.49. The van der Waals surface area contributed by atoms with Crippen LogP contribution in [0.3, 0.4) is 0 Å². The monoisotopic (exact) mass is 469 g/mol. The van der Waals surface area contributed by atoms with E-state index < -0.39 is 29.6 Å². The van der Waals surface area contributed by atoms with Gasteiger partial charge in [-0.2, -0.15) is 5.10 Å². The molecular formula is C18H14ClF2N5O6. The lowest BCUT2D eigenvalue weighted by molar-refractivity contribution is 0.0834. The van der Waals surface area contributed by atoms with Crippen molar-refractivity contribution >= 4 is 35.4 Å². The molecule has 3 rings (SSSR count). The normalized spacial score (nSPS) is 10.6. The Labute approximate surface area is 182 Å². The van der Waals surface area contributed by atoms with Crippen LogP contribution in [0.4, 0.5) is 19.4 Å². The van der Waals surface area contributed by atoms with Gasteiger partial charge < -0.3 is 24.9 Å². The predicted molar refractivity (Wildman–Crippen MR) is 103 cm³/mol. The van der Waals surface area contributed by atoms with Crippen LogP contribution in [0, 0.1) is 18.6 Å². The number of carbonyl (C=O) groups is 3. The highest BCUT2D eigenvalue weighted by Crippen LogP contribution is 2.21. The molecule has 0 spiro atoms. The van der Waals surface area contributed by atoms with E-state index in [9.17, 15) is 23.2 Å². The molecule has 0 unspecified atom stereocenters. The van der Waals surface area contributed by atoms with E-state index >= 15 is 0 Å². The molecule has 0 radical (unpaired) electrons. The third-order valence-electron chi connectivity index (χ3n) is 3.95. The Morgan fingerprint density at radius 3 is 2.66 bits per heavy atom. The molecule has 0 aliphatic heterocycles. The van der Waals surface area contributed by atoms with Crippen LogP contribution >= 0.6 is 11.6 Å². The molecule has 0 atom stereocenters. The SMILES string of the molecule is Cc1nc(COC(=O)O)c(CNC(=O)c2cc(NC(=O)c3cc(F)c(F)cc3Cl)n[nH]2)o1. The molecular weight excluding hydrogens is 456 g/mol. The molecule has 4 N–H and O–H groups in total. The lowest BCUT2D eigenvalue weighted by atomic mass is 10.2. The smallest absolute Gasteiger partial charge is 0.450 e. The average Bonchev–Trinajstić information content (AvgIpc) is 3.33. The molecule has 0 fully saturated rings. The minimum Gasteiger partial charge on any atom is -0.450 e. The van der Waals surface area contributed by atoms with Gasteiger partial charge in [-0.3, -0.25) is 14.7 Å². The fraction of sp³-hybridized carbons (Fsp3) is 0.167. The highest BCUT2D eigenvalue weighted by Gasteiger charge is 2.19. The van der Waals surface area contributed by atoms with Crippen molar-refractivity contribution < 1.29 is 37.4 Å². The fourth-order valence-corrected chi connectivity index (χ4v) is 2.77. The molecule has 0 aliphatic rings. The lowest BCUT2D eigenvalue weighted by Gasteiger charge is -2.05. The molecule has 2 aromatic heterocycles. The number of H-pyrrole nitrogens is 1. The summed E-state index contributed by atoms with van der Waals surface area (Å²) in [5, 5.41) is 19.2. The van der Waals surface area contributed by atoms with Gasteiger partial charge in [-0.1, -0.05) is 11.6 Å². The number of aromatic amines is 1. The summed E-state index contributed by atoms with van der Waals surface area (Å²) < 4.78 is 36.3. The molecule has 2 heterocycles. The van der Waals surface area contributed by atoms with E-state index in [0.717, 1.165) is 0 Å². The molecule has 0 saturated heterocycles. The molecule has 14 heteroatoms. The topological polar surface area (TPSA) is 159 Å². The molecule has 2 amide bonds. The van der Waals surface area contributed by atoms with Gasteiger partial charge in [-0.15, -0.1) is 0 Å². The first kappa shape index (κ1) is 22.7. The number of hydrogen-bond acceptors (Lipinski definition) is 7. The molecule has 0 bridgehead atoms. The number of amides is 2. The van der Waals surface area contributed by atoms with Crippen molar-refractivity contribution in [3.63, 3.8) is 0 Å². The van der Waals surface area contributed by atoms with Gasteiger partial charge in [-0.05, 0) is 12.1 Å². The highest BCUT2D eigenvalue weighted by molar-refractivity contribution is 6.34. The highest BCUT2D eigenvalue weighted by atomic mass is 35.5. The second-order valence-electron chi connectivity index (χ2n) is 6.21. The molecule has 3 aromatic rings. The van der Waals surface area contributed by atoms with Crippen molar-refractivity contribution in [2.75, 3.05) is 5.32 Å². The number of aromatic nitrogens is 3. The van der Waals surface area contributed by atoms with E-state index in [0.29, 0.717) is 12.1 Å². The van der Waals surface area contributed by atoms with Crippen LogP contribution in [0.25, 0.3) is 0 Å². The third-order valence-corrected chi connectivity index (χ3v) is 4.26. The first-order valence-electron chi connectivity index (χ1n) is 8.74. The maximum absolute atomic E-state index is 13.4. The van der Waals surface area contributed by atoms with Gasteiger partial charge in [0.15, 0.2) is 23.3 Å². The number of carbonyl (C=O) groups excluding carboxylic acids is 2. The van der Waals surface area contributed by atoms with E-state index in [1.165, 1.54) is 6.07 Å². The zero-order valence-electron chi connectivity index (χ0n) is 16.2. The minimum absolute atomic E-state index is 0.0451. The number of nitrogens with zero attached hydrogens (tertiary/aromatic N) is 2. The van der Waals surface area contributed by atoms with Crippen molar-refractivity contribution in [2.45, 2.75) is 20.1 Å². The summed E-state index contributed by atoms with van der Waals surface area (Å²) in [6.45, 7) is 1.05. The molecule has 1 aromatic carbocycles. The molecule has 0 aliphatic carbocycles. The number of rotatable bonds is 7. The van der Waals surface area contributed by atoms with Gasteiger partial charge in [0.05, 0.1) is 17.1 Å². The van der Waals surface area contributed by atoms with Crippen molar-refractivity contribution in [2.24, 2.45) is 0 Å². The fourth-order valence-electron chi connectivity index (χ4n) is 2.53. The summed E-state index contributed by atoms with van der Waals surface area (Å²) >= 11 is 5.76. The van der Waals surface area contributed by atoms with Crippen LogP contribution in [-0.4, -0.2) is 38.3 Å². The number of anilines is 1. The number of ether oxygens (including phenoxy) is 1. The lowest BCUT2D eigenvalue weighted by Crippen LogP contribution is -2.23. The largest absolute Gasteiger partial charge is 0.506 e. The number of nitrogens with one attached hydrogen (secondary N) is 3. The molecule has 168 valence electrons. The summed E-state index contributed by atoms with van der Waals surface area (Å²) in [7, 11) is 0. The number of oxazole rings is 1. The third kappa shape index (κ3) is 5.37. The van der Waals surface area contributed by atoms with Crippen molar-refractivity contribution in [1.29, 1.82) is 0 Å². The Morgan fingerprint density at radius 1 is 1.22 bits per heavy atom. The predicted octanol–water partition coefficient (Wildman–Crippen LogP) is 3.01. The number of hydrogen-bond donors (Lipinski definition) is 4. The first-order valence-corrected chi connectivity index (χ1v) is 9.12. The van der Waals surface area contributed by atoms with Crippen LogP contribution < -0.4 is 10.6 Å². The van der Waals surface area contributed by atoms with E-state index in [1.54, 1.807) is 6.92 Å². The zero-order valence-corrected chi connectivity index (χ0v) is 16.9. The summed E-state index contributed by atoms with van der Waals surface area (Å²) in [5.41, 5.74) is -0.168. The van der Waals surface area contributed by atoms with Gasteiger partial charge >= 0.3 is 6.16 Å². The Kier molecular flexibility index (Phi) is 6.68. The quantitative estimate of drug-likeness (QED) is 0.303. The number of halogens is 3. The standard InChI is InChI=1S/C18H14ClF2N5O6/c1-7-23-13(6-31-18(29)30)14(32-7)5-22-17(28)12-4-15(26-25-12)24-16(27)8-2-10(20)11(21)3-9(8)19/h2-4H,5-6H2,1H3,(H,22,28)(H,29,30)(H2,24,25,26,27). The van der Waals surface area contributed by atoms with Gasteiger partial charge in [0.1, 0.15) is 23.8 Å². The maximum Gasteiger partial charge on any atom is 0.506 e. The maximum atomic E-state index is 13.4. The van der Waals surface area contributed by atoms with Crippen LogP contribution in [0.2, 0.25) is 5.02 Å². The van der Waals surface area contributed by atoms with Crippen LogP contribution in [0.15, 0.2) is 22.6 Å². The second-order valence-corrected chi connectivity index (χ2v) is 6.61. The van der Waals surface area contributed by atoms with E-state index in [1.807, 2.05) is 0 Å². The van der Waals surface area contributed by atoms with Crippen molar-refractivity contribution in [3.05, 3.63) is 63.5 Å².